The highest BCUT2D eigenvalue weighted by Gasteiger charge is 2.13. The molecule has 11 heavy (non-hydrogen) atoms. The van der Waals surface area contributed by atoms with E-state index in [0.29, 0.717) is 0 Å². The molecule has 0 atom stereocenters. The van der Waals surface area contributed by atoms with E-state index in [1.54, 1.807) is 21.0 Å². The molecule has 0 fully saturated rings. The van der Waals surface area contributed by atoms with Crippen LogP contribution in [-0.2, 0) is 14.3 Å². The number of hydrogen-bond acceptors (Lipinski definition) is 4. The summed E-state index contributed by atoms with van der Waals surface area (Å²) in [6.45, 7) is 1.85. The van der Waals surface area contributed by atoms with Crippen molar-refractivity contribution in [2.24, 2.45) is 0 Å². The Bertz CT molecular complexity index is 156. The molecule has 0 radical (unpaired) electrons. The maximum Gasteiger partial charge on any atom is 0.398 e. The SMILES string of the molecule is CCOC(=O)C(=O)NN(C)C. The zero-order chi connectivity index (χ0) is 8.85. The fourth-order valence-corrected chi connectivity index (χ4v) is 0.445. The first-order chi connectivity index (χ1) is 5.07. The lowest BCUT2D eigenvalue weighted by Gasteiger charge is -2.09. The Morgan fingerprint density at radius 3 is 2.36 bits per heavy atom. The molecule has 1 N–H and O–H groups in total. The molecular formula is C6H12N2O3. The van der Waals surface area contributed by atoms with Crippen molar-refractivity contribution in [2.45, 2.75) is 6.92 Å². The normalized spacial score (nSPS) is 9.45. The minimum atomic E-state index is -0.860. The number of carbonyl (C=O) groups is 2. The predicted molar refractivity (Wildman–Crippen MR) is 38.5 cm³/mol. The monoisotopic (exact) mass is 160 g/mol. The van der Waals surface area contributed by atoms with Crippen LogP contribution in [0.5, 0.6) is 0 Å². The van der Waals surface area contributed by atoms with E-state index in [2.05, 4.69) is 10.2 Å². The molecule has 0 saturated carbocycles. The van der Waals surface area contributed by atoms with E-state index in [1.165, 1.54) is 5.01 Å². The molecule has 0 bridgehead atoms. The number of amides is 1. The zero-order valence-electron chi connectivity index (χ0n) is 6.88. The summed E-state index contributed by atoms with van der Waals surface area (Å²) in [5.74, 6) is -1.61. The van der Waals surface area contributed by atoms with Crippen molar-refractivity contribution in [3.05, 3.63) is 0 Å². The van der Waals surface area contributed by atoms with Gasteiger partial charge in [0.2, 0.25) is 0 Å². The fraction of sp³-hybridized carbons (Fsp3) is 0.667. The van der Waals surface area contributed by atoms with Crippen LogP contribution in [0.4, 0.5) is 0 Å². The third-order valence-electron chi connectivity index (χ3n) is 0.786. The van der Waals surface area contributed by atoms with Crippen LogP contribution in [0, 0.1) is 0 Å². The standard InChI is InChI=1S/C6H12N2O3/c1-4-11-6(10)5(9)7-8(2)3/h4H2,1-3H3,(H,7,9). The second-order valence-corrected chi connectivity index (χ2v) is 2.06. The first-order valence-corrected chi connectivity index (χ1v) is 3.23. The molecule has 0 unspecified atom stereocenters. The molecule has 0 heterocycles. The van der Waals surface area contributed by atoms with Crippen LogP contribution >= 0.6 is 0 Å². The highest BCUT2D eigenvalue weighted by Crippen LogP contribution is 1.77. The zero-order valence-corrected chi connectivity index (χ0v) is 6.88. The van der Waals surface area contributed by atoms with Crippen molar-refractivity contribution >= 4 is 11.9 Å². The van der Waals surface area contributed by atoms with Gasteiger partial charge in [0.15, 0.2) is 0 Å². The van der Waals surface area contributed by atoms with E-state index in [4.69, 9.17) is 0 Å². The minimum absolute atomic E-state index is 0.208. The Morgan fingerprint density at radius 2 is 2.00 bits per heavy atom. The van der Waals surface area contributed by atoms with Crippen molar-refractivity contribution < 1.29 is 14.3 Å². The fourth-order valence-electron chi connectivity index (χ4n) is 0.445. The third kappa shape index (κ3) is 4.32. The van der Waals surface area contributed by atoms with Gasteiger partial charge in [-0.05, 0) is 6.92 Å². The molecule has 5 heteroatoms. The Kier molecular flexibility index (Phi) is 4.21. The van der Waals surface area contributed by atoms with Crippen molar-refractivity contribution in [2.75, 3.05) is 20.7 Å². The average molecular weight is 160 g/mol. The van der Waals surface area contributed by atoms with Gasteiger partial charge in [-0.1, -0.05) is 0 Å². The molecule has 0 spiro atoms. The highest BCUT2D eigenvalue weighted by atomic mass is 16.5. The number of hydrazine groups is 1. The van der Waals surface area contributed by atoms with Gasteiger partial charge >= 0.3 is 11.9 Å². The molecule has 0 aliphatic heterocycles. The average Bonchev–Trinajstić information content (AvgIpc) is 1.86. The summed E-state index contributed by atoms with van der Waals surface area (Å²) in [5, 5.41) is 1.37. The van der Waals surface area contributed by atoms with Gasteiger partial charge in [-0.15, -0.1) is 0 Å². The van der Waals surface area contributed by atoms with Crippen LogP contribution < -0.4 is 5.43 Å². The molecule has 1 amide bonds. The number of carbonyl (C=O) groups excluding carboxylic acids is 2. The summed E-state index contributed by atoms with van der Waals surface area (Å²) in [6.07, 6.45) is 0. The van der Waals surface area contributed by atoms with E-state index in [1.807, 2.05) is 0 Å². The Labute approximate surface area is 65.3 Å². The van der Waals surface area contributed by atoms with Crippen LogP contribution in [0.15, 0.2) is 0 Å². The van der Waals surface area contributed by atoms with Crippen LogP contribution in [0.1, 0.15) is 6.92 Å². The van der Waals surface area contributed by atoms with E-state index in [0.717, 1.165) is 0 Å². The number of ether oxygens (including phenoxy) is 1. The minimum Gasteiger partial charge on any atom is -0.459 e. The Morgan fingerprint density at radius 1 is 1.45 bits per heavy atom. The van der Waals surface area contributed by atoms with Gasteiger partial charge in [0.25, 0.3) is 0 Å². The van der Waals surface area contributed by atoms with E-state index >= 15 is 0 Å². The van der Waals surface area contributed by atoms with Gasteiger partial charge in [-0.25, -0.2) is 9.80 Å². The van der Waals surface area contributed by atoms with Gasteiger partial charge in [0.05, 0.1) is 6.61 Å². The summed E-state index contributed by atoms with van der Waals surface area (Å²) in [7, 11) is 3.22. The lowest BCUT2D eigenvalue weighted by molar-refractivity contribution is -0.156. The number of nitrogens with one attached hydrogen (secondary N) is 1. The summed E-state index contributed by atoms with van der Waals surface area (Å²) in [6, 6.07) is 0. The lowest BCUT2D eigenvalue weighted by atomic mass is 10.6. The molecule has 5 nitrogen and oxygen atoms in total. The third-order valence-corrected chi connectivity index (χ3v) is 0.786. The number of hydrogen-bond donors (Lipinski definition) is 1. The van der Waals surface area contributed by atoms with Gasteiger partial charge in [-0.3, -0.25) is 10.2 Å². The van der Waals surface area contributed by atoms with E-state index in [9.17, 15) is 9.59 Å². The van der Waals surface area contributed by atoms with Crippen LogP contribution in [-0.4, -0.2) is 37.6 Å². The van der Waals surface area contributed by atoms with Crippen LogP contribution in [0.25, 0.3) is 0 Å². The van der Waals surface area contributed by atoms with E-state index < -0.39 is 11.9 Å². The number of esters is 1. The maximum absolute atomic E-state index is 10.7. The topological polar surface area (TPSA) is 58.6 Å². The molecule has 0 aliphatic rings. The smallest absolute Gasteiger partial charge is 0.398 e. The summed E-state index contributed by atoms with van der Waals surface area (Å²) >= 11 is 0. The molecule has 0 saturated heterocycles. The largest absolute Gasteiger partial charge is 0.459 e. The van der Waals surface area contributed by atoms with Crippen molar-refractivity contribution in [3.63, 3.8) is 0 Å². The first-order valence-electron chi connectivity index (χ1n) is 3.23. The Balaban J connectivity index is 3.74. The molecular weight excluding hydrogens is 148 g/mol. The van der Waals surface area contributed by atoms with E-state index in [-0.39, 0.29) is 6.61 Å². The predicted octanol–water partition coefficient (Wildman–Crippen LogP) is -0.858. The second kappa shape index (κ2) is 4.68. The van der Waals surface area contributed by atoms with Crippen molar-refractivity contribution in [3.8, 4) is 0 Å². The molecule has 0 aromatic heterocycles. The number of rotatable bonds is 2. The summed E-state index contributed by atoms with van der Waals surface area (Å²) in [4.78, 5) is 21.3. The molecule has 0 aliphatic carbocycles. The van der Waals surface area contributed by atoms with Crippen LogP contribution in [0.2, 0.25) is 0 Å². The highest BCUT2D eigenvalue weighted by molar-refractivity contribution is 6.32. The molecule has 0 aromatic carbocycles. The second-order valence-electron chi connectivity index (χ2n) is 2.06. The molecule has 0 aromatic rings. The maximum atomic E-state index is 10.7. The van der Waals surface area contributed by atoms with Gasteiger partial charge in [-0.2, -0.15) is 0 Å². The Hall–Kier alpha value is -1.10. The summed E-state index contributed by atoms with van der Waals surface area (Å²) in [5.41, 5.74) is 2.25. The first kappa shape index (κ1) is 9.90. The van der Waals surface area contributed by atoms with Gasteiger partial charge < -0.3 is 4.74 Å². The number of nitrogens with zero attached hydrogens (tertiary/aromatic N) is 1. The van der Waals surface area contributed by atoms with Crippen LogP contribution in [0.3, 0.4) is 0 Å². The van der Waals surface area contributed by atoms with Gasteiger partial charge in [0, 0.05) is 14.1 Å². The lowest BCUT2D eigenvalue weighted by Crippen LogP contribution is -2.41. The molecule has 64 valence electrons. The van der Waals surface area contributed by atoms with Gasteiger partial charge in [0.1, 0.15) is 0 Å². The van der Waals surface area contributed by atoms with Crippen molar-refractivity contribution in [1.29, 1.82) is 0 Å². The summed E-state index contributed by atoms with van der Waals surface area (Å²) < 4.78 is 4.43. The molecule has 0 rings (SSSR count). The van der Waals surface area contributed by atoms with Crippen molar-refractivity contribution in [1.82, 2.24) is 10.4 Å². The quantitative estimate of drug-likeness (QED) is 0.324.